The molecule has 0 aliphatic heterocycles. The molecule has 0 amide bonds. The van der Waals surface area contributed by atoms with Gasteiger partial charge >= 0.3 is 5.97 Å². The summed E-state index contributed by atoms with van der Waals surface area (Å²) >= 11 is 0. The van der Waals surface area contributed by atoms with Crippen LogP contribution in [0.4, 0.5) is 0 Å². The van der Waals surface area contributed by atoms with Gasteiger partial charge in [0.25, 0.3) is 0 Å². The summed E-state index contributed by atoms with van der Waals surface area (Å²) in [6, 6.07) is 0. The van der Waals surface area contributed by atoms with E-state index in [1.54, 1.807) is 0 Å². The first kappa shape index (κ1) is 20.4. The summed E-state index contributed by atoms with van der Waals surface area (Å²) in [5.74, 6) is 0.304. The Morgan fingerprint density at radius 3 is 2.50 bits per heavy atom. The highest BCUT2D eigenvalue weighted by Gasteiger charge is 2.39. The SMILES string of the molecule is COC(=O)C=C(C)C=CC=C(C)C=CC1C(C)C(O)CCC1(C)C. The number of carbonyl (C=O) groups excluding carboxylic acids is 1. The van der Waals surface area contributed by atoms with Crippen LogP contribution in [0, 0.1) is 17.3 Å². The van der Waals surface area contributed by atoms with Crippen molar-refractivity contribution in [3.8, 4) is 0 Å². The molecule has 3 nitrogen and oxygen atoms in total. The van der Waals surface area contributed by atoms with Crippen LogP contribution in [0.5, 0.6) is 0 Å². The molecule has 134 valence electrons. The van der Waals surface area contributed by atoms with E-state index in [9.17, 15) is 9.90 Å². The predicted molar refractivity (Wildman–Crippen MR) is 99.5 cm³/mol. The fourth-order valence-electron chi connectivity index (χ4n) is 3.29. The van der Waals surface area contributed by atoms with Crippen LogP contribution in [0.3, 0.4) is 0 Å². The number of rotatable bonds is 5. The first-order chi connectivity index (χ1) is 11.2. The lowest BCUT2D eigenvalue weighted by atomic mass is 9.63. The maximum absolute atomic E-state index is 11.1. The molecule has 24 heavy (non-hydrogen) atoms. The van der Waals surface area contributed by atoms with E-state index in [2.05, 4.69) is 44.6 Å². The van der Waals surface area contributed by atoms with Gasteiger partial charge < -0.3 is 9.84 Å². The van der Waals surface area contributed by atoms with Gasteiger partial charge in [0.2, 0.25) is 0 Å². The Labute approximate surface area is 146 Å². The van der Waals surface area contributed by atoms with Crippen LogP contribution < -0.4 is 0 Å². The first-order valence-corrected chi connectivity index (χ1v) is 8.65. The van der Waals surface area contributed by atoms with E-state index in [0.717, 1.165) is 24.0 Å². The van der Waals surface area contributed by atoms with Gasteiger partial charge in [-0.1, -0.05) is 56.7 Å². The van der Waals surface area contributed by atoms with Crippen molar-refractivity contribution in [1.82, 2.24) is 0 Å². The van der Waals surface area contributed by atoms with E-state index in [1.165, 1.54) is 13.2 Å². The normalized spacial score (nSPS) is 28.5. The molecule has 0 aromatic heterocycles. The highest BCUT2D eigenvalue weighted by atomic mass is 16.5. The molecule has 0 aromatic rings. The first-order valence-electron chi connectivity index (χ1n) is 8.65. The highest BCUT2D eigenvalue weighted by molar-refractivity contribution is 5.83. The van der Waals surface area contributed by atoms with E-state index < -0.39 is 0 Å². The lowest BCUT2D eigenvalue weighted by molar-refractivity contribution is -0.134. The van der Waals surface area contributed by atoms with Crippen molar-refractivity contribution in [2.24, 2.45) is 17.3 Å². The topological polar surface area (TPSA) is 46.5 Å². The molecule has 0 aromatic carbocycles. The molecule has 0 heterocycles. The number of hydrogen-bond donors (Lipinski definition) is 1. The maximum atomic E-state index is 11.1. The summed E-state index contributed by atoms with van der Waals surface area (Å²) in [6.07, 6.45) is 13.4. The average molecular weight is 332 g/mol. The molecule has 0 radical (unpaired) electrons. The maximum Gasteiger partial charge on any atom is 0.330 e. The van der Waals surface area contributed by atoms with Gasteiger partial charge in [-0.05, 0) is 49.5 Å². The van der Waals surface area contributed by atoms with Gasteiger partial charge in [0.05, 0.1) is 13.2 Å². The standard InChI is InChI=1S/C21H32O3/c1-15(8-7-9-16(2)14-20(23)24-6)10-11-18-17(3)19(22)12-13-21(18,4)5/h7-11,14,17-19,22H,12-13H2,1-6H3. The number of hydrogen-bond acceptors (Lipinski definition) is 3. The second-order valence-electron chi connectivity index (χ2n) is 7.52. The van der Waals surface area contributed by atoms with Gasteiger partial charge in [0.15, 0.2) is 0 Å². The molecule has 1 fully saturated rings. The minimum Gasteiger partial charge on any atom is -0.466 e. The van der Waals surface area contributed by atoms with Crippen LogP contribution in [0.25, 0.3) is 0 Å². The fraction of sp³-hybridized carbons (Fsp3) is 0.571. The molecule has 3 heteroatoms. The highest BCUT2D eigenvalue weighted by Crippen LogP contribution is 2.44. The third-order valence-electron chi connectivity index (χ3n) is 4.99. The lowest BCUT2D eigenvalue weighted by Gasteiger charge is -2.44. The van der Waals surface area contributed by atoms with Gasteiger partial charge in [-0.2, -0.15) is 0 Å². The van der Waals surface area contributed by atoms with E-state index in [4.69, 9.17) is 0 Å². The Bertz CT molecular complexity index is 549. The Kier molecular flexibility index (Phi) is 7.68. The van der Waals surface area contributed by atoms with E-state index in [0.29, 0.717) is 5.92 Å². The van der Waals surface area contributed by atoms with Gasteiger partial charge in [-0.15, -0.1) is 0 Å². The molecule has 0 saturated heterocycles. The van der Waals surface area contributed by atoms with Gasteiger partial charge in [0, 0.05) is 6.08 Å². The lowest BCUT2D eigenvalue weighted by Crippen LogP contribution is -2.40. The van der Waals surface area contributed by atoms with Gasteiger partial charge in [-0.3, -0.25) is 0 Å². The average Bonchev–Trinajstić information content (AvgIpc) is 2.51. The summed E-state index contributed by atoms with van der Waals surface area (Å²) in [4.78, 5) is 11.1. The van der Waals surface area contributed by atoms with Crippen molar-refractivity contribution >= 4 is 5.97 Å². The molecule has 0 bridgehead atoms. The second-order valence-corrected chi connectivity index (χ2v) is 7.52. The third-order valence-corrected chi connectivity index (χ3v) is 4.99. The van der Waals surface area contributed by atoms with Crippen molar-refractivity contribution in [2.75, 3.05) is 7.11 Å². The molecule has 1 saturated carbocycles. The molecule has 1 rings (SSSR count). The molecular weight excluding hydrogens is 300 g/mol. The number of aliphatic hydroxyl groups excluding tert-OH is 1. The predicted octanol–water partition coefficient (Wildman–Crippen LogP) is 4.60. The fourth-order valence-corrected chi connectivity index (χ4v) is 3.29. The molecular formula is C21H32O3. The number of esters is 1. The van der Waals surface area contributed by atoms with E-state index in [1.807, 2.05) is 25.2 Å². The minimum absolute atomic E-state index is 0.206. The van der Waals surface area contributed by atoms with Crippen LogP contribution in [-0.4, -0.2) is 24.3 Å². The molecule has 1 aliphatic rings. The van der Waals surface area contributed by atoms with Crippen molar-refractivity contribution in [1.29, 1.82) is 0 Å². The Morgan fingerprint density at radius 2 is 1.88 bits per heavy atom. The monoisotopic (exact) mass is 332 g/mol. The van der Waals surface area contributed by atoms with Gasteiger partial charge in [-0.25, -0.2) is 4.79 Å². The molecule has 3 unspecified atom stereocenters. The minimum atomic E-state index is -0.343. The van der Waals surface area contributed by atoms with Crippen molar-refractivity contribution in [2.45, 2.75) is 53.6 Å². The zero-order valence-electron chi connectivity index (χ0n) is 15.9. The Balaban J connectivity index is 2.74. The molecule has 0 spiro atoms. The van der Waals surface area contributed by atoms with Crippen LogP contribution in [-0.2, 0) is 9.53 Å². The van der Waals surface area contributed by atoms with Crippen LogP contribution in [0.1, 0.15) is 47.5 Å². The Hall–Kier alpha value is -1.61. The van der Waals surface area contributed by atoms with Crippen molar-refractivity contribution < 1.29 is 14.6 Å². The smallest absolute Gasteiger partial charge is 0.330 e. The Morgan fingerprint density at radius 1 is 1.21 bits per heavy atom. The molecule has 1 N–H and O–H groups in total. The number of methoxy groups -OCH3 is 1. The largest absolute Gasteiger partial charge is 0.466 e. The summed E-state index contributed by atoms with van der Waals surface area (Å²) in [5.41, 5.74) is 2.20. The number of aliphatic hydroxyl groups is 1. The summed E-state index contributed by atoms with van der Waals surface area (Å²) < 4.78 is 4.60. The second kappa shape index (κ2) is 9.03. The summed E-state index contributed by atoms with van der Waals surface area (Å²) in [5, 5.41) is 10.1. The summed E-state index contributed by atoms with van der Waals surface area (Å²) in [6.45, 7) is 10.6. The van der Waals surface area contributed by atoms with E-state index >= 15 is 0 Å². The van der Waals surface area contributed by atoms with Crippen LogP contribution >= 0.6 is 0 Å². The molecule has 1 aliphatic carbocycles. The van der Waals surface area contributed by atoms with Gasteiger partial charge in [0.1, 0.15) is 0 Å². The van der Waals surface area contributed by atoms with Crippen LogP contribution in [0.15, 0.2) is 47.6 Å². The summed E-state index contributed by atoms with van der Waals surface area (Å²) in [7, 11) is 1.37. The third kappa shape index (κ3) is 6.12. The van der Waals surface area contributed by atoms with Crippen LogP contribution in [0.2, 0.25) is 0 Å². The zero-order chi connectivity index (χ0) is 18.3. The van der Waals surface area contributed by atoms with Crippen molar-refractivity contribution in [3.63, 3.8) is 0 Å². The quantitative estimate of drug-likeness (QED) is 0.455. The zero-order valence-corrected chi connectivity index (χ0v) is 15.9. The number of allylic oxidation sites excluding steroid dienone is 7. The number of ether oxygens (including phenoxy) is 1. The van der Waals surface area contributed by atoms with Crippen molar-refractivity contribution in [3.05, 3.63) is 47.6 Å². The van der Waals surface area contributed by atoms with E-state index in [-0.39, 0.29) is 23.4 Å². The number of carbonyl (C=O) groups is 1. The molecule has 3 atom stereocenters.